The Bertz CT molecular complexity index is 436. The van der Waals surface area contributed by atoms with Gasteiger partial charge in [0.1, 0.15) is 0 Å². The van der Waals surface area contributed by atoms with Gasteiger partial charge in [0.25, 0.3) is 5.91 Å². The molecular weight excluding hydrogens is 261 g/mol. The van der Waals surface area contributed by atoms with Crippen LogP contribution in [0.3, 0.4) is 0 Å². The quantitative estimate of drug-likeness (QED) is 0.767. The van der Waals surface area contributed by atoms with E-state index in [9.17, 15) is 9.18 Å². The van der Waals surface area contributed by atoms with Gasteiger partial charge in [-0.05, 0) is 38.4 Å². The molecule has 1 aromatic heterocycles. The van der Waals surface area contributed by atoms with Gasteiger partial charge in [0.05, 0.1) is 17.9 Å². The topological polar surface area (TPSA) is 63.2 Å². The summed E-state index contributed by atoms with van der Waals surface area (Å²) in [5.74, 6) is -1.01. The second kappa shape index (κ2) is 7.91. The fourth-order valence-corrected chi connectivity index (χ4v) is 2.14. The number of nitrogens with zero attached hydrogens (tertiary/aromatic N) is 1. The molecule has 0 saturated carbocycles. The molecule has 1 aromatic rings. The number of rotatable bonds is 6. The summed E-state index contributed by atoms with van der Waals surface area (Å²) in [7, 11) is 0. The fraction of sp³-hybridized carbons (Fsp3) is 0.571. The number of ether oxygens (including phenoxy) is 1. The molecule has 0 unspecified atom stereocenters. The van der Waals surface area contributed by atoms with E-state index >= 15 is 0 Å². The van der Waals surface area contributed by atoms with Crippen molar-refractivity contribution in [3.05, 3.63) is 29.8 Å². The standard InChI is InChI=1S/C14H20FN3O2/c15-13-10-17-8-4-12(13)14(19)18-5-1-9-20-11-2-6-16-7-3-11/h4,8,10-11,16H,1-3,5-7,9H2,(H,18,19). The smallest absolute Gasteiger partial charge is 0.254 e. The van der Waals surface area contributed by atoms with Crippen LogP contribution >= 0.6 is 0 Å². The van der Waals surface area contributed by atoms with Gasteiger partial charge in [-0.3, -0.25) is 9.78 Å². The van der Waals surface area contributed by atoms with E-state index in [4.69, 9.17) is 4.74 Å². The van der Waals surface area contributed by atoms with Gasteiger partial charge in [0, 0.05) is 19.3 Å². The van der Waals surface area contributed by atoms with Gasteiger partial charge >= 0.3 is 0 Å². The summed E-state index contributed by atoms with van der Waals surface area (Å²) in [6.07, 6.45) is 5.56. The SMILES string of the molecule is O=C(NCCCOC1CCNCC1)c1ccncc1F. The first-order valence-corrected chi connectivity index (χ1v) is 6.97. The lowest BCUT2D eigenvalue weighted by atomic mass is 10.1. The summed E-state index contributed by atoms with van der Waals surface area (Å²) in [5.41, 5.74) is 0.0271. The first-order chi connectivity index (χ1) is 9.77. The maximum absolute atomic E-state index is 13.3. The first kappa shape index (κ1) is 14.9. The average Bonchev–Trinajstić information content (AvgIpc) is 2.48. The van der Waals surface area contributed by atoms with E-state index < -0.39 is 11.7 Å². The van der Waals surface area contributed by atoms with Gasteiger partial charge in [-0.15, -0.1) is 0 Å². The number of pyridine rings is 1. The second-order valence-electron chi connectivity index (χ2n) is 4.79. The van der Waals surface area contributed by atoms with Crippen LogP contribution in [0.5, 0.6) is 0 Å². The average molecular weight is 281 g/mol. The molecule has 20 heavy (non-hydrogen) atoms. The van der Waals surface area contributed by atoms with Crippen molar-refractivity contribution in [2.24, 2.45) is 0 Å². The van der Waals surface area contributed by atoms with E-state index in [0.717, 1.165) is 38.5 Å². The minimum atomic E-state index is -0.601. The maximum Gasteiger partial charge on any atom is 0.254 e. The number of aromatic nitrogens is 1. The van der Waals surface area contributed by atoms with Crippen LogP contribution in [0.25, 0.3) is 0 Å². The summed E-state index contributed by atoms with van der Waals surface area (Å²) in [6.45, 7) is 3.10. The molecule has 110 valence electrons. The molecule has 5 nitrogen and oxygen atoms in total. The van der Waals surface area contributed by atoms with Crippen molar-refractivity contribution in [2.75, 3.05) is 26.2 Å². The Kier molecular flexibility index (Phi) is 5.88. The number of carbonyl (C=O) groups is 1. The lowest BCUT2D eigenvalue weighted by Crippen LogP contribution is -2.33. The summed E-state index contributed by atoms with van der Waals surface area (Å²) < 4.78 is 19.0. The highest BCUT2D eigenvalue weighted by molar-refractivity contribution is 5.94. The highest BCUT2D eigenvalue weighted by Gasteiger charge is 2.13. The lowest BCUT2D eigenvalue weighted by Gasteiger charge is -2.22. The van der Waals surface area contributed by atoms with Crippen LogP contribution < -0.4 is 10.6 Å². The van der Waals surface area contributed by atoms with E-state index in [1.54, 1.807) is 0 Å². The Morgan fingerprint density at radius 1 is 1.50 bits per heavy atom. The fourth-order valence-electron chi connectivity index (χ4n) is 2.14. The third-order valence-corrected chi connectivity index (χ3v) is 3.26. The Morgan fingerprint density at radius 3 is 3.05 bits per heavy atom. The van der Waals surface area contributed by atoms with Crippen molar-refractivity contribution in [1.29, 1.82) is 0 Å². The number of halogens is 1. The lowest BCUT2D eigenvalue weighted by molar-refractivity contribution is 0.0317. The zero-order chi connectivity index (χ0) is 14.2. The molecule has 0 aliphatic carbocycles. The van der Waals surface area contributed by atoms with E-state index in [1.165, 1.54) is 12.3 Å². The molecule has 2 N–H and O–H groups in total. The van der Waals surface area contributed by atoms with Crippen molar-refractivity contribution >= 4 is 5.91 Å². The predicted octanol–water partition coefficient (Wildman–Crippen LogP) is 1.11. The zero-order valence-electron chi connectivity index (χ0n) is 11.4. The van der Waals surface area contributed by atoms with Gasteiger partial charge < -0.3 is 15.4 Å². The molecule has 0 spiro atoms. The minimum Gasteiger partial charge on any atom is -0.378 e. The van der Waals surface area contributed by atoms with E-state index in [-0.39, 0.29) is 5.56 Å². The maximum atomic E-state index is 13.3. The Hall–Kier alpha value is -1.53. The highest BCUT2D eigenvalue weighted by atomic mass is 19.1. The van der Waals surface area contributed by atoms with Gasteiger partial charge in [-0.2, -0.15) is 0 Å². The molecule has 0 radical (unpaired) electrons. The summed E-state index contributed by atoms with van der Waals surface area (Å²) >= 11 is 0. The number of piperidine rings is 1. The molecule has 0 aromatic carbocycles. The number of carbonyl (C=O) groups excluding carboxylic acids is 1. The molecule has 1 amide bonds. The highest BCUT2D eigenvalue weighted by Crippen LogP contribution is 2.07. The van der Waals surface area contributed by atoms with E-state index in [1.807, 2.05) is 0 Å². The number of amides is 1. The van der Waals surface area contributed by atoms with Crippen molar-refractivity contribution in [3.8, 4) is 0 Å². The predicted molar refractivity (Wildman–Crippen MR) is 73.0 cm³/mol. The van der Waals surface area contributed by atoms with Crippen LogP contribution in [-0.4, -0.2) is 43.2 Å². The Labute approximate surface area is 117 Å². The molecule has 2 heterocycles. The number of nitrogens with one attached hydrogen (secondary N) is 2. The normalized spacial score (nSPS) is 16.1. The van der Waals surface area contributed by atoms with Gasteiger partial charge in [0.15, 0.2) is 5.82 Å². The third-order valence-electron chi connectivity index (χ3n) is 3.26. The number of hydrogen-bond donors (Lipinski definition) is 2. The summed E-state index contributed by atoms with van der Waals surface area (Å²) in [6, 6.07) is 1.37. The van der Waals surface area contributed by atoms with Crippen LogP contribution in [0.1, 0.15) is 29.6 Å². The van der Waals surface area contributed by atoms with Crippen LogP contribution in [0, 0.1) is 5.82 Å². The van der Waals surface area contributed by atoms with E-state index in [2.05, 4.69) is 15.6 Å². The molecule has 0 atom stereocenters. The molecule has 1 aliphatic heterocycles. The largest absolute Gasteiger partial charge is 0.378 e. The Morgan fingerprint density at radius 2 is 2.30 bits per heavy atom. The first-order valence-electron chi connectivity index (χ1n) is 6.97. The van der Waals surface area contributed by atoms with E-state index in [0.29, 0.717) is 19.3 Å². The van der Waals surface area contributed by atoms with Crippen LogP contribution in [-0.2, 0) is 4.74 Å². The molecule has 2 rings (SSSR count). The zero-order valence-corrected chi connectivity index (χ0v) is 11.4. The molecular formula is C14H20FN3O2. The molecule has 1 aliphatic rings. The minimum absolute atomic E-state index is 0.0271. The molecule has 0 bridgehead atoms. The van der Waals surface area contributed by atoms with Crippen molar-refractivity contribution < 1.29 is 13.9 Å². The molecule has 1 fully saturated rings. The van der Waals surface area contributed by atoms with Gasteiger partial charge in [-0.1, -0.05) is 0 Å². The monoisotopic (exact) mass is 281 g/mol. The van der Waals surface area contributed by atoms with Gasteiger partial charge in [0.2, 0.25) is 0 Å². The van der Waals surface area contributed by atoms with Crippen molar-refractivity contribution in [3.63, 3.8) is 0 Å². The molecule has 6 heteroatoms. The van der Waals surface area contributed by atoms with Crippen LogP contribution in [0.4, 0.5) is 4.39 Å². The summed E-state index contributed by atoms with van der Waals surface area (Å²) in [4.78, 5) is 15.3. The third kappa shape index (κ3) is 4.54. The summed E-state index contributed by atoms with van der Waals surface area (Å²) in [5, 5.41) is 5.96. The Balaban J connectivity index is 1.61. The van der Waals surface area contributed by atoms with Crippen molar-refractivity contribution in [2.45, 2.75) is 25.4 Å². The molecule has 1 saturated heterocycles. The van der Waals surface area contributed by atoms with Crippen molar-refractivity contribution in [1.82, 2.24) is 15.6 Å². The van der Waals surface area contributed by atoms with Crippen LogP contribution in [0.15, 0.2) is 18.5 Å². The number of hydrogen-bond acceptors (Lipinski definition) is 4. The second-order valence-corrected chi connectivity index (χ2v) is 4.79. The van der Waals surface area contributed by atoms with Gasteiger partial charge in [-0.25, -0.2) is 4.39 Å². The van der Waals surface area contributed by atoms with Crippen LogP contribution in [0.2, 0.25) is 0 Å².